The van der Waals surface area contributed by atoms with Gasteiger partial charge in [-0.2, -0.15) is 13.2 Å². The van der Waals surface area contributed by atoms with E-state index < -0.39 is 12.1 Å². The molecule has 0 aliphatic heterocycles. The van der Waals surface area contributed by atoms with Crippen molar-refractivity contribution in [1.82, 2.24) is 0 Å². The molecule has 0 bridgehead atoms. The summed E-state index contributed by atoms with van der Waals surface area (Å²) in [5.74, 6) is -2.28. The number of hydrogen-bond donors (Lipinski definition) is 0. The number of hydrogen-bond acceptors (Lipinski definition) is 3. The molecule has 0 aliphatic carbocycles. The summed E-state index contributed by atoms with van der Waals surface area (Å²) in [6.07, 6.45) is -2.88. The topological polar surface area (TPSA) is 26.3 Å². The van der Waals surface area contributed by atoms with Crippen molar-refractivity contribution in [3.63, 3.8) is 0 Å². The van der Waals surface area contributed by atoms with E-state index in [9.17, 15) is 18.0 Å². The fourth-order valence-corrected chi connectivity index (χ4v) is 1.81. The van der Waals surface area contributed by atoms with Gasteiger partial charge in [-0.3, -0.25) is 0 Å². The molecule has 0 radical (unpaired) electrons. The van der Waals surface area contributed by atoms with Crippen LogP contribution in [0.3, 0.4) is 0 Å². The number of carbonyl (C=O) groups excluding carboxylic acids is 1. The molecule has 0 amide bonds. The van der Waals surface area contributed by atoms with Gasteiger partial charge in [0.1, 0.15) is 5.75 Å². The molecule has 118 valence electrons. The summed E-state index contributed by atoms with van der Waals surface area (Å²) in [5, 5.41) is 0. The first-order valence-corrected chi connectivity index (χ1v) is 7.50. The van der Waals surface area contributed by atoms with Crippen LogP contribution < -0.4 is 4.74 Å². The number of carbonyl (C=O) groups is 1. The van der Waals surface area contributed by atoms with E-state index in [4.69, 9.17) is 0 Å². The molecule has 0 saturated heterocycles. The molecule has 0 unspecified atom stereocenters. The average molecular weight is 328 g/mol. The number of ether oxygens (including phenoxy) is 1. The van der Waals surface area contributed by atoms with Crippen LogP contribution in [-0.2, 0) is 4.79 Å². The highest BCUT2D eigenvalue weighted by Gasteiger charge is 2.41. The predicted octanol–water partition coefficient (Wildman–Crippen LogP) is 4.87. The first kappa shape index (κ1) is 18.1. The Balaban J connectivity index is 0.000000255. The van der Waals surface area contributed by atoms with Crippen LogP contribution in [0.5, 0.6) is 5.75 Å². The number of thioether (sulfide) groups is 1. The molecular formula is C16H15F3O2S. The van der Waals surface area contributed by atoms with E-state index in [0.29, 0.717) is 5.56 Å². The van der Waals surface area contributed by atoms with E-state index >= 15 is 0 Å². The number of esters is 1. The Labute approximate surface area is 131 Å². The van der Waals surface area contributed by atoms with Crippen molar-refractivity contribution in [1.29, 1.82) is 0 Å². The first-order valence-electron chi connectivity index (χ1n) is 6.28. The normalized spacial score (nSPS) is 10.4. The van der Waals surface area contributed by atoms with Crippen molar-refractivity contribution in [2.45, 2.75) is 18.0 Å². The van der Waals surface area contributed by atoms with E-state index in [-0.39, 0.29) is 5.75 Å². The minimum Gasteiger partial charge on any atom is -0.420 e. The molecule has 0 aliphatic rings. The lowest BCUT2D eigenvalue weighted by Crippen LogP contribution is -2.28. The van der Waals surface area contributed by atoms with Gasteiger partial charge < -0.3 is 4.74 Å². The van der Waals surface area contributed by atoms with Crippen molar-refractivity contribution in [3.05, 3.63) is 60.2 Å². The number of aryl methyl sites for hydroxylation is 1. The van der Waals surface area contributed by atoms with Crippen LogP contribution in [0.25, 0.3) is 0 Å². The number of alkyl halides is 3. The molecule has 0 heterocycles. The van der Waals surface area contributed by atoms with Crippen LogP contribution in [0, 0.1) is 6.92 Å². The van der Waals surface area contributed by atoms with Gasteiger partial charge in [-0.1, -0.05) is 36.4 Å². The van der Waals surface area contributed by atoms with E-state index in [1.165, 1.54) is 17.0 Å². The van der Waals surface area contributed by atoms with Gasteiger partial charge in [0.25, 0.3) is 0 Å². The van der Waals surface area contributed by atoms with Gasteiger partial charge in [-0.05, 0) is 36.9 Å². The van der Waals surface area contributed by atoms with Crippen molar-refractivity contribution >= 4 is 17.7 Å². The van der Waals surface area contributed by atoms with Crippen LogP contribution in [0.1, 0.15) is 5.56 Å². The lowest BCUT2D eigenvalue weighted by atomic mass is 10.2. The van der Waals surface area contributed by atoms with Gasteiger partial charge in [-0.15, -0.1) is 11.8 Å². The molecule has 0 fully saturated rings. The lowest BCUT2D eigenvalue weighted by molar-refractivity contribution is -0.189. The summed E-state index contributed by atoms with van der Waals surface area (Å²) in [4.78, 5) is 11.8. The standard InChI is InChI=1S/C9H7F3O2.C7H8S/c1-6-4-2-3-5-7(6)14-8(13)9(10,11)12;1-8-7-5-3-2-4-6-7/h2-5H,1H3;2-6H,1H3. The molecule has 2 rings (SSSR count). The van der Waals surface area contributed by atoms with Gasteiger partial charge in [0.2, 0.25) is 0 Å². The number of para-hydroxylation sites is 1. The second-order valence-electron chi connectivity index (χ2n) is 4.17. The second kappa shape index (κ2) is 8.48. The third-order valence-corrected chi connectivity index (χ3v) is 3.25. The Morgan fingerprint density at radius 3 is 2.00 bits per heavy atom. The molecular weight excluding hydrogens is 313 g/mol. The molecule has 0 saturated carbocycles. The number of rotatable bonds is 2. The van der Waals surface area contributed by atoms with Gasteiger partial charge in [-0.25, -0.2) is 4.79 Å². The second-order valence-corrected chi connectivity index (χ2v) is 5.05. The predicted molar refractivity (Wildman–Crippen MR) is 81.1 cm³/mol. The molecule has 0 aromatic heterocycles. The summed E-state index contributed by atoms with van der Waals surface area (Å²) in [7, 11) is 0. The zero-order valence-electron chi connectivity index (χ0n) is 12.1. The Kier molecular flexibility index (Phi) is 6.98. The third-order valence-electron chi connectivity index (χ3n) is 2.51. The summed E-state index contributed by atoms with van der Waals surface area (Å²) in [6.45, 7) is 1.55. The summed E-state index contributed by atoms with van der Waals surface area (Å²) in [6, 6.07) is 16.3. The van der Waals surface area contributed by atoms with Crippen LogP contribution in [-0.4, -0.2) is 18.4 Å². The van der Waals surface area contributed by atoms with E-state index in [1.54, 1.807) is 30.8 Å². The Morgan fingerprint density at radius 2 is 1.55 bits per heavy atom. The van der Waals surface area contributed by atoms with E-state index in [1.807, 2.05) is 18.2 Å². The quantitative estimate of drug-likeness (QED) is 0.447. The summed E-state index contributed by atoms with van der Waals surface area (Å²) >= 11 is 1.77. The smallest absolute Gasteiger partial charge is 0.420 e. The molecule has 0 N–H and O–H groups in total. The Hall–Kier alpha value is -1.95. The highest BCUT2D eigenvalue weighted by molar-refractivity contribution is 7.98. The highest BCUT2D eigenvalue weighted by Crippen LogP contribution is 2.22. The van der Waals surface area contributed by atoms with Crippen LogP contribution in [0.15, 0.2) is 59.5 Å². The maximum atomic E-state index is 11.8. The summed E-state index contributed by atoms with van der Waals surface area (Å²) < 4.78 is 39.5. The van der Waals surface area contributed by atoms with E-state index in [0.717, 1.165) is 0 Å². The molecule has 2 aromatic carbocycles. The van der Waals surface area contributed by atoms with E-state index in [2.05, 4.69) is 23.1 Å². The number of halogens is 3. The largest absolute Gasteiger partial charge is 0.491 e. The SMILES string of the molecule is CSc1ccccc1.Cc1ccccc1OC(=O)C(F)(F)F. The van der Waals surface area contributed by atoms with Gasteiger partial charge in [0, 0.05) is 4.90 Å². The average Bonchev–Trinajstić information content (AvgIpc) is 2.50. The molecule has 2 nitrogen and oxygen atoms in total. The Bertz CT molecular complexity index is 598. The summed E-state index contributed by atoms with van der Waals surface area (Å²) in [5.41, 5.74) is 0.477. The van der Waals surface area contributed by atoms with Crippen molar-refractivity contribution in [2.24, 2.45) is 0 Å². The molecule has 2 aromatic rings. The zero-order chi connectivity index (χ0) is 16.6. The minimum atomic E-state index is -4.96. The zero-order valence-corrected chi connectivity index (χ0v) is 12.9. The van der Waals surface area contributed by atoms with Crippen LogP contribution in [0.4, 0.5) is 13.2 Å². The van der Waals surface area contributed by atoms with Crippen molar-refractivity contribution in [3.8, 4) is 5.75 Å². The molecule has 0 atom stereocenters. The fourth-order valence-electron chi connectivity index (χ4n) is 1.39. The monoisotopic (exact) mass is 328 g/mol. The van der Waals surface area contributed by atoms with Crippen molar-refractivity contribution < 1.29 is 22.7 Å². The van der Waals surface area contributed by atoms with Crippen LogP contribution >= 0.6 is 11.8 Å². The maximum absolute atomic E-state index is 11.8. The molecule has 22 heavy (non-hydrogen) atoms. The van der Waals surface area contributed by atoms with Gasteiger partial charge >= 0.3 is 12.1 Å². The maximum Gasteiger partial charge on any atom is 0.491 e. The highest BCUT2D eigenvalue weighted by atomic mass is 32.2. The lowest BCUT2D eigenvalue weighted by Gasteiger charge is -2.08. The molecule has 6 heteroatoms. The number of benzene rings is 2. The Morgan fingerprint density at radius 1 is 1.00 bits per heavy atom. The molecule has 0 spiro atoms. The van der Waals surface area contributed by atoms with Gasteiger partial charge in [0.05, 0.1) is 0 Å². The fraction of sp³-hybridized carbons (Fsp3) is 0.188. The third kappa shape index (κ3) is 6.22. The first-order chi connectivity index (χ1) is 10.3. The minimum absolute atomic E-state index is 0.0742. The van der Waals surface area contributed by atoms with Gasteiger partial charge in [0.15, 0.2) is 0 Å². The van der Waals surface area contributed by atoms with Crippen LogP contribution in [0.2, 0.25) is 0 Å². The van der Waals surface area contributed by atoms with Crippen molar-refractivity contribution in [2.75, 3.05) is 6.26 Å².